The van der Waals surface area contributed by atoms with Crippen LogP contribution in [0.5, 0.6) is 0 Å². The highest BCUT2D eigenvalue weighted by molar-refractivity contribution is 7.92. The van der Waals surface area contributed by atoms with Crippen molar-refractivity contribution >= 4 is 54.6 Å². The first-order valence-electron chi connectivity index (χ1n) is 10.1. The molecule has 3 aromatic rings. The molecule has 1 amide bonds. The highest BCUT2D eigenvalue weighted by Gasteiger charge is 2.29. The van der Waals surface area contributed by atoms with Crippen molar-refractivity contribution < 1.29 is 21.6 Å². The Kier molecular flexibility index (Phi) is 7.54. The molecule has 3 aromatic carbocycles. The molecule has 0 unspecified atom stereocenters. The van der Waals surface area contributed by atoms with Gasteiger partial charge in [0.25, 0.3) is 10.0 Å². The van der Waals surface area contributed by atoms with Crippen molar-refractivity contribution in [3.63, 3.8) is 0 Å². The Morgan fingerprint density at radius 3 is 1.91 bits per heavy atom. The van der Waals surface area contributed by atoms with Crippen molar-refractivity contribution in [2.45, 2.75) is 24.8 Å². The molecule has 8 nitrogen and oxygen atoms in total. The van der Waals surface area contributed by atoms with Crippen LogP contribution in [-0.4, -0.2) is 35.0 Å². The van der Waals surface area contributed by atoms with E-state index in [1.54, 1.807) is 36.4 Å². The second kappa shape index (κ2) is 10.0. The third-order valence-electron chi connectivity index (χ3n) is 4.91. The van der Waals surface area contributed by atoms with Gasteiger partial charge in [0.15, 0.2) is 0 Å². The number of nitrogens with zero attached hydrogens (tertiary/aromatic N) is 1. The van der Waals surface area contributed by atoms with Gasteiger partial charge in [-0.3, -0.25) is 13.8 Å². The first-order valence-corrected chi connectivity index (χ1v) is 13.8. The zero-order chi connectivity index (χ0) is 25.1. The molecule has 2 N–H and O–H groups in total. The third-order valence-corrected chi connectivity index (χ3v) is 7.80. The summed E-state index contributed by atoms with van der Waals surface area (Å²) in [5.74, 6) is -0.569. The van der Waals surface area contributed by atoms with Crippen molar-refractivity contribution in [1.29, 1.82) is 0 Å². The Hall–Kier alpha value is -3.08. The zero-order valence-corrected chi connectivity index (χ0v) is 21.1. The van der Waals surface area contributed by atoms with Gasteiger partial charge in [-0.1, -0.05) is 29.3 Å². The van der Waals surface area contributed by atoms with Crippen LogP contribution in [0.1, 0.15) is 12.5 Å². The summed E-state index contributed by atoms with van der Waals surface area (Å²) < 4.78 is 53.5. The molecule has 34 heavy (non-hydrogen) atoms. The molecule has 11 heteroatoms. The van der Waals surface area contributed by atoms with Gasteiger partial charge in [-0.05, 0) is 74.5 Å². The number of sulfonamides is 2. The van der Waals surface area contributed by atoms with Gasteiger partial charge in [0.2, 0.25) is 15.9 Å². The van der Waals surface area contributed by atoms with Crippen LogP contribution < -0.4 is 14.3 Å². The molecule has 1 atom stereocenters. The van der Waals surface area contributed by atoms with E-state index in [-0.39, 0.29) is 4.90 Å². The maximum Gasteiger partial charge on any atom is 0.261 e. The number of halogens is 1. The average Bonchev–Trinajstić information content (AvgIpc) is 2.76. The number of amides is 1. The van der Waals surface area contributed by atoms with E-state index in [0.29, 0.717) is 22.1 Å². The Bertz CT molecular complexity index is 1370. The van der Waals surface area contributed by atoms with Crippen LogP contribution in [0.3, 0.4) is 0 Å². The second-order valence-corrected chi connectivity index (χ2v) is 11.7. The molecule has 0 aromatic heterocycles. The normalized spacial score (nSPS) is 12.6. The van der Waals surface area contributed by atoms with Gasteiger partial charge < -0.3 is 5.32 Å². The van der Waals surface area contributed by atoms with Gasteiger partial charge in [0.05, 0.1) is 16.8 Å². The maximum absolute atomic E-state index is 12.8. The second-order valence-electron chi connectivity index (χ2n) is 7.70. The topological polar surface area (TPSA) is 113 Å². The number of carbonyl (C=O) groups is 1. The van der Waals surface area contributed by atoms with E-state index >= 15 is 0 Å². The maximum atomic E-state index is 12.8. The summed E-state index contributed by atoms with van der Waals surface area (Å²) >= 11 is 5.82. The molecule has 0 saturated carbocycles. The zero-order valence-electron chi connectivity index (χ0n) is 18.7. The minimum atomic E-state index is -3.85. The number of hydrogen-bond acceptors (Lipinski definition) is 5. The summed E-state index contributed by atoms with van der Waals surface area (Å²) in [5.41, 5.74) is 1.99. The van der Waals surface area contributed by atoms with E-state index in [9.17, 15) is 21.6 Å². The fourth-order valence-electron chi connectivity index (χ4n) is 3.20. The number of hydrogen-bond donors (Lipinski definition) is 2. The van der Waals surface area contributed by atoms with E-state index in [4.69, 9.17) is 11.6 Å². The lowest BCUT2D eigenvalue weighted by Gasteiger charge is -2.28. The molecule has 0 aliphatic heterocycles. The smallest absolute Gasteiger partial charge is 0.261 e. The first-order chi connectivity index (χ1) is 15.9. The Balaban J connectivity index is 1.75. The first kappa shape index (κ1) is 25.5. The lowest BCUT2D eigenvalue weighted by atomic mass is 10.2. The average molecular weight is 522 g/mol. The van der Waals surface area contributed by atoms with E-state index in [1.807, 2.05) is 6.92 Å². The summed E-state index contributed by atoms with van der Waals surface area (Å²) in [6.45, 7) is 3.35. The SMILES string of the molecule is Cc1ccc(N([C@@H](C)C(=O)Nc2ccc(S(=O)(=O)Nc3ccc(Cl)cc3)cc2)S(C)(=O)=O)cc1. The van der Waals surface area contributed by atoms with Crippen molar-refractivity contribution in [1.82, 2.24) is 0 Å². The summed E-state index contributed by atoms with van der Waals surface area (Å²) in [7, 11) is -7.60. The third kappa shape index (κ3) is 6.28. The van der Waals surface area contributed by atoms with Gasteiger partial charge in [0, 0.05) is 16.4 Å². The summed E-state index contributed by atoms with van der Waals surface area (Å²) in [4.78, 5) is 12.8. The summed E-state index contributed by atoms with van der Waals surface area (Å²) in [6.07, 6.45) is 1.03. The number of benzene rings is 3. The van der Waals surface area contributed by atoms with Crippen molar-refractivity contribution in [2.75, 3.05) is 20.6 Å². The van der Waals surface area contributed by atoms with Gasteiger partial charge in [-0.15, -0.1) is 0 Å². The molecule has 0 heterocycles. The minimum Gasteiger partial charge on any atom is -0.324 e. The molecule has 0 bridgehead atoms. The monoisotopic (exact) mass is 521 g/mol. The number of carbonyl (C=O) groups excluding carboxylic acids is 1. The fourth-order valence-corrected chi connectivity index (χ4v) is 5.56. The van der Waals surface area contributed by atoms with Crippen LogP contribution in [0.25, 0.3) is 0 Å². The number of aryl methyl sites for hydroxylation is 1. The molecule has 0 spiro atoms. The van der Waals surface area contributed by atoms with Crippen LogP contribution in [0, 0.1) is 6.92 Å². The van der Waals surface area contributed by atoms with Crippen molar-refractivity contribution in [2.24, 2.45) is 0 Å². The molecular formula is C23H24ClN3O5S2. The number of rotatable bonds is 8. The molecular weight excluding hydrogens is 498 g/mol. The van der Waals surface area contributed by atoms with Crippen LogP contribution in [0.2, 0.25) is 5.02 Å². The van der Waals surface area contributed by atoms with Crippen LogP contribution in [0.15, 0.2) is 77.7 Å². The summed E-state index contributed by atoms with van der Waals surface area (Å²) in [6, 6.07) is 17.5. The minimum absolute atomic E-state index is 0.00841. The van der Waals surface area contributed by atoms with E-state index in [2.05, 4.69) is 10.0 Å². The largest absolute Gasteiger partial charge is 0.324 e. The predicted octanol–water partition coefficient (Wildman–Crippen LogP) is 4.24. The highest BCUT2D eigenvalue weighted by Crippen LogP contribution is 2.23. The van der Waals surface area contributed by atoms with Gasteiger partial charge >= 0.3 is 0 Å². The Morgan fingerprint density at radius 1 is 0.853 bits per heavy atom. The fraction of sp³-hybridized carbons (Fsp3) is 0.174. The van der Waals surface area contributed by atoms with E-state index in [1.165, 1.54) is 43.3 Å². The van der Waals surface area contributed by atoms with Crippen molar-refractivity contribution in [3.8, 4) is 0 Å². The predicted molar refractivity (Wildman–Crippen MR) is 135 cm³/mol. The Morgan fingerprint density at radius 2 is 1.38 bits per heavy atom. The molecule has 180 valence electrons. The van der Waals surface area contributed by atoms with Gasteiger partial charge in [0.1, 0.15) is 6.04 Å². The standard InChI is InChI=1S/C23H24ClN3O5S2/c1-16-4-12-21(13-5-16)27(33(3,29)30)17(2)23(28)25-19-10-14-22(15-11-19)34(31,32)26-20-8-6-18(24)7-9-20/h4-15,17,26H,1-3H3,(H,25,28)/t17-/m0/s1. The van der Waals surface area contributed by atoms with E-state index in [0.717, 1.165) is 16.1 Å². The number of anilines is 3. The van der Waals surface area contributed by atoms with Crippen LogP contribution in [0.4, 0.5) is 17.1 Å². The summed E-state index contributed by atoms with van der Waals surface area (Å²) in [5, 5.41) is 3.12. The highest BCUT2D eigenvalue weighted by atomic mass is 35.5. The van der Waals surface area contributed by atoms with Crippen LogP contribution >= 0.6 is 11.6 Å². The molecule has 0 aliphatic carbocycles. The van der Waals surface area contributed by atoms with Crippen LogP contribution in [-0.2, 0) is 24.8 Å². The molecule has 0 radical (unpaired) electrons. The quantitative estimate of drug-likeness (QED) is 0.460. The number of nitrogens with one attached hydrogen (secondary N) is 2. The molecule has 0 fully saturated rings. The molecule has 0 aliphatic rings. The van der Waals surface area contributed by atoms with Gasteiger partial charge in [-0.2, -0.15) is 0 Å². The molecule has 3 rings (SSSR count). The molecule has 0 saturated heterocycles. The van der Waals surface area contributed by atoms with Gasteiger partial charge in [-0.25, -0.2) is 16.8 Å². The van der Waals surface area contributed by atoms with Crippen molar-refractivity contribution in [3.05, 3.63) is 83.4 Å². The lowest BCUT2D eigenvalue weighted by Crippen LogP contribution is -2.45. The van der Waals surface area contributed by atoms with E-state index < -0.39 is 32.0 Å². The lowest BCUT2D eigenvalue weighted by molar-refractivity contribution is -0.116. The Labute approximate surface area is 204 Å².